The number of furan rings is 1. The van der Waals surface area contributed by atoms with E-state index in [2.05, 4.69) is 38.6 Å². The standard InChI is InChI=1S/C20H22BO/c1-4-5-6-7-10-21-20-12-16-11-17-14(2)8-9-15(3)18(17)13-19(16)22-20/h4-7,10-15H,1,8-9H2,2-3H3/b6-5-,10-7+. The van der Waals surface area contributed by atoms with Crippen LogP contribution in [0, 0.1) is 0 Å². The van der Waals surface area contributed by atoms with Crippen molar-refractivity contribution in [2.24, 2.45) is 0 Å². The van der Waals surface area contributed by atoms with Crippen LogP contribution < -0.4 is 5.66 Å². The Kier molecular flexibility index (Phi) is 4.38. The van der Waals surface area contributed by atoms with E-state index >= 15 is 0 Å². The molecule has 1 radical (unpaired) electrons. The molecule has 0 bridgehead atoms. The van der Waals surface area contributed by atoms with E-state index in [1.165, 1.54) is 29.4 Å². The van der Waals surface area contributed by atoms with Gasteiger partial charge in [-0.3, -0.25) is 0 Å². The second-order valence-electron chi connectivity index (χ2n) is 6.22. The van der Waals surface area contributed by atoms with Crippen molar-refractivity contribution in [3.8, 4) is 0 Å². The Bertz CT molecular complexity index is 688. The molecule has 1 aliphatic carbocycles. The van der Waals surface area contributed by atoms with Gasteiger partial charge in [0, 0.05) is 5.39 Å². The zero-order valence-electron chi connectivity index (χ0n) is 13.4. The van der Waals surface area contributed by atoms with E-state index in [4.69, 9.17) is 4.42 Å². The van der Waals surface area contributed by atoms with E-state index < -0.39 is 0 Å². The molecule has 3 rings (SSSR count). The minimum atomic E-state index is 0.636. The molecule has 2 atom stereocenters. The van der Waals surface area contributed by atoms with Crippen LogP contribution >= 0.6 is 0 Å². The number of fused-ring (bicyclic) bond motifs is 2. The Hall–Kier alpha value is -1.96. The van der Waals surface area contributed by atoms with Gasteiger partial charge < -0.3 is 4.42 Å². The van der Waals surface area contributed by atoms with Crippen LogP contribution in [0.5, 0.6) is 0 Å². The Morgan fingerprint density at radius 1 is 1.05 bits per heavy atom. The first-order valence-corrected chi connectivity index (χ1v) is 8.05. The fourth-order valence-corrected chi connectivity index (χ4v) is 3.24. The summed E-state index contributed by atoms with van der Waals surface area (Å²) in [6.45, 7) is 8.30. The van der Waals surface area contributed by atoms with E-state index in [9.17, 15) is 0 Å². The molecule has 2 heteroatoms. The van der Waals surface area contributed by atoms with Gasteiger partial charge in [-0.1, -0.05) is 44.7 Å². The normalized spacial score (nSPS) is 21.5. The van der Waals surface area contributed by atoms with Crippen LogP contribution in [-0.2, 0) is 0 Å². The highest BCUT2D eigenvalue weighted by Crippen LogP contribution is 2.40. The van der Waals surface area contributed by atoms with Gasteiger partial charge >= 0.3 is 0 Å². The molecular weight excluding hydrogens is 267 g/mol. The second kappa shape index (κ2) is 6.43. The quantitative estimate of drug-likeness (QED) is 0.569. The molecule has 2 aromatic rings. The first kappa shape index (κ1) is 15.0. The van der Waals surface area contributed by atoms with Crippen molar-refractivity contribution in [1.29, 1.82) is 0 Å². The van der Waals surface area contributed by atoms with Gasteiger partial charge in [-0.25, -0.2) is 0 Å². The number of hydrogen-bond acceptors (Lipinski definition) is 1. The third-order valence-electron chi connectivity index (χ3n) is 4.57. The topological polar surface area (TPSA) is 13.1 Å². The van der Waals surface area contributed by atoms with Crippen LogP contribution in [0.4, 0.5) is 0 Å². The summed E-state index contributed by atoms with van der Waals surface area (Å²) < 4.78 is 5.97. The van der Waals surface area contributed by atoms with Gasteiger partial charge in [0.05, 0.1) is 5.66 Å². The van der Waals surface area contributed by atoms with Gasteiger partial charge in [-0.15, -0.1) is 5.98 Å². The SMILES string of the molecule is C=C/C=C\C=C\[B]c1cc2cc3c(cc2o1)C(C)CCC3C. The number of allylic oxidation sites excluding steroid dienone is 4. The first-order chi connectivity index (χ1) is 10.7. The molecule has 22 heavy (non-hydrogen) atoms. The molecule has 0 fully saturated rings. The van der Waals surface area contributed by atoms with E-state index in [0.717, 1.165) is 11.2 Å². The van der Waals surface area contributed by atoms with Crippen molar-refractivity contribution < 1.29 is 4.42 Å². The van der Waals surface area contributed by atoms with Gasteiger partial charge in [-0.2, -0.15) is 0 Å². The van der Waals surface area contributed by atoms with E-state index in [0.29, 0.717) is 11.8 Å². The van der Waals surface area contributed by atoms with E-state index in [1.54, 1.807) is 6.08 Å². The van der Waals surface area contributed by atoms with E-state index in [1.807, 2.05) is 31.5 Å². The van der Waals surface area contributed by atoms with Crippen molar-refractivity contribution >= 4 is 23.9 Å². The fourth-order valence-electron chi connectivity index (χ4n) is 3.24. The molecular formula is C20H22BO. The molecule has 0 saturated heterocycles. The molecule has 1 heterocycles. The van der Waals surface area contributed by atoms with Crippen LogP contribution in [-0.4, -0.2) is 7.28 Å². The van der Waals surface area contributed by atoms with Crippen LogP contribution in [0.15, 0.2) is 59.5 Å². The molecule has 1 aromatic carbocycles. The lowest BCUT2D eigenvalue weighted by molar-refractivity contribution is 0.527. The van der Waals surface area contributed by atoms with Crippen molar-refractivity contribution in [3.63, 3.8) is 0 Å². The lowest BCUT2D eigenvalue weighted by Crippen LogP contribution is -2.10. The van der Waals surface area contributed by atoms with Crippen molar-refractivity contribution in [1.82, 2.24) is 0 Å². The predicted molar refractivity (Wildman–Crippen MR) is 96.1 cm³/mol. The van der Waals surface area contributed by atoms with Gasteiger partial charge in [0.1, 0.15) is 5.58 Å². The van der Waals surface area contributed by atoms with Crippen LogP contribution in [0.3, 0.4) is 0 Å². The summed E-state index contributed by atoms with van der Waals surface area (Å²) in [4.78, 5) is 0. The molecule has 0 spiro atoms. The third-order valence-corrected chi connectivity index (χ3v) is 4.57. The molecule has 0 N–H and O–H groups in total. The monoisotopic (exact) mass is 289 g/mol. The second-order valence-corrected chi connectivity index (χ2v) is 6.22. The minimum absolute atomic E-state index is 0.636. The van der Waals surface area contributed by atoms with Gasteiger partial charge in [0.15, 0.2) is 0 Å². The smallest absolute Gasteiger partial charge is 0.231 e. The Balaban J connectivity index is 1.88. The summed E-state index contributed by atoms with van der Waals surface area (Å²) in [7, 11) is 2.00. The fraction of sp³-hybridized carbons (Fsp3) is 0.300. The van der Waals surface area contributed by atoms with E-state index in [-0.39, 0.29) is 0 Å². The maximum atomic E-state index is 5.97. The first-order valence-electron chi connectivity index (χ1n) is 8.05. The Labute approximate surface area is 133 Å². The average Bonchev–Trinajstić information content (AvgIpc) is 2.91. The summed E-state index contributed by atoms with van der Waals surface area (Å²) in [5.74, 6) is 3.28. The van der Waals surface area contributed by atoms with Crippen LogP contribution in [0.2, 0.25) is 0 Å². The lowest BCUT2D eigenvalue weighted by Gasteiger charge is -2.27. The molecule has 0 saturated carbocycles. The summed E-state index contributed by atoms with van der Waals surface area (Å²) in [5.41, 5.74) is 4.88. The summed E-state index contributed by atoms with van der Waals surface area (Å²) in [6.07, 6.45) is 10.2. The zero-order valence-corrected chi connectivity index (χ0v) is 13.4. The van der Waals surface area contributed by atoms with Gasteiger partial charge in [0.2, 0.25) is 7.28 Å². The number of benzene rings is 1. The lowest BCUT2D eigenvalue weighted by atomic mass is 9.75. The molecule has 0 amide bonds. The Morgan fingerprint density at radius 3 is 2.50 bits per heavy atom. The molecule has 1 aromatic heterocycles. The Morgan fingerprint density at radius 2 is 1.77 bits per heavy atom. The molecule has 1 aliphatic rings. The molecule has 0 aliphatic heterocycles. The molecule has 1 nitrogen and oxygen atoms in total. The highest BCUT2D eigenvalue weighted by atomic mass is 16.3. The van der Waals surface area contributed by atoms with Gasteiger partial charge in [0.25, 0.3) is 0 Å². The zero-order chi connectivity index (χ0) is 15.5. The van der Waals surface area contributed by atoms with Crippen molar-refractivity contribution in [2.45, 2.75) is 38.5 Å². The minimum Gasteiger partial charge on any atom is -0.472 e. The largest absolute Gasteiger partial charge is 0.472 e. The summed E-state index contributed by atoms with van der Waals surface area (Å²) >= 11 is 0. The summed E-state index contributed by atoms with van der Waals surface area (Å²) in [5, 5.41) is 1.21. The molecule has 111 valence electrons. The highest BCUT2D eigenvalue weighted by molar-refractivity contribution is 6.57. The van der Waals surface area contributed by atoms with Crippen molar-refractivity contribution in [2.75, 3.05) is 0 Å². The highest BCUT2D eigenvalue weighted by Gasteiger charge is 2.23. The predicted octanol–water partition coefficient (Wildman–Crippen LogP) is 5.02. The average molecular weight is 289 g/mol. The number of hydrogen-bond donors (Lipinski definition) is 0. The van der Waals surface area contributed by atoms with Crippen LogP contribution in [0.1, 0.15) is 49.7 Å². The number of rotatable bonds is 4. The van der Waals surface area contributed by atoms with Gasteiger partial charge in [-0.05, 0) is 54.0 Å². The summed E-state index contributed by atoms with van der Waals surface area (Å²) in [6, 6.07) is 6.71. The molecule has 2 unspecified atom stereocenters. The van der Waals surface area contributed by atoms with Crippen LogP contribution in [0.25, 0.3) is 11.0 Å². The third kappa shape index (κ3) is 2.97. The maximum absolute atomic E-state index is 5.97. The maximum Gasteiger partial charge on any atom is 0.231 e. The van der Waals surface area contributed by atoms with Crippen molar-refractivity contribution in [3.05, 3.63) is 66.2 Å².